The Morgan fingerprint density at radius 3 is 2.70 bits per heavy atom. The van der Waals surface area contributed by atoms with Gasteiger partial charge < -0.3 is 29.2 Å². The number of benzene rings is 2. The van der Waals surface area contributed by atoms with E-state index < -0.39 is 0 Å². The lowest BCUT2D eigenvalue weighted by molar-refractivity contribution is -0.128. The van der Waals surface area contributed by atoms with E-state index in [9.17, 15) is 4.79 Å². The molecule has 0 saturated carbocycles. The Kier molecular flexibility index (Phi) is 8.48. The number of anilines is 2. The van der Waals surface area contributed by atoms with E-state index in [0.717, 1.165) is 49.4 Å². The highest BCUT2D eigenvalue weighted by atomic mass is 16.5. The van der Waals surface area contributed by atoms with Crippen molar-refractivity contribution < 1.29 is 9.53 Å². The largest absolute Gasteiger partial charge is 0.462 e. The second-order valence-electron chi connectivity index (χ2n) is 12.0. The molecule has 6 rings (SSSR count). The molecule has 0 radical (unpaired) electrons. The van der Waals surface area contributed by atoms with Crippen molar-refractivity contribution in [3.8, 4) is 6.01 Å². The van der Waals surface area contributed by atoms with Crippen molar-refractivity contribution in [2.45, 2.75) is 51.2 Å². The van der Waals surface area contributed by atoms with Gasteiger partial charge in [-0.25, -0.2) is 6.57 Å². The fourth-order valence-electron chi connectivity index (χ4n) is 6.97. The van der Waals surface area contributed by atoms with Crippen molar-refractivity contribution in [3.05, 3.63) is 77.3 Å². The van der Waals surface area contributed by atoms with E-state index in [2.05, 4.69) is 76.5 Å². The molecule has 2 aromatic carbocycles. The number of carbonyl (C=O) groups excluding carboxylic acids is 1. The van der Waals surface area contributed by atoms with Crippen LogP contribution in [0.4, 0.5) is 11.5 Å². The Morgan fingerprint density at radius 1 is 1.09 bits per heavy atom. The molecular weight excluding hydrogens is 538 g/mol. The van der Waals surface area contributed by atoms with Gasteiger partial charge in [0.2, 0.25) is 12.5 Å². The number of carbonyl (C=O) groups is 1. The van der Waals surface area contributed by atoms with Crippen LogP contribution in [-0.4, -0.2) is 90.7 Å². The minimum Gasteiger partial charge on any atom is -0.462 e. The zero-order valence-electron chi connectivity index (χ0n) is 25.3. The number of rotatable bonds is 7. The van der Waals surface area contributed by atoms with E-state index in [4.69, 9.17) is 21.3 Å². The summed E-state index contributed by atoms with van der Waals surface area (Å²) in [5, 5.41) is 2.53. The average Bonchev–Trinajstić information content (AvgIpc) is 3.31. The third-order valence-corrected chi connectivity index (χ3v) is 9.30. The van der Waals surface area contributed by atoms with Crippen LogP contribution in [-0.2, 0) is 17.8 Å². The van der Waals surface area contributed by atoms with Gasteiger partial charge in [0.15, 0.2) is 0 Å². The Labute approximate surface area is 254 Å². The van der Waals surface area contributed by atoms with Crippen LogP contribution in [0.15, 0.2) is 49.1 Å². The minimum atomic E-state index is -0.222. The van der Waals surface area contributed by atoms with E-state index in [0.29, 0.717) is 44.8 Å². The van der Waals surface area contributed by atoms with Gasteiger partial charge in [-0.15, -0.1) is 0 Å². The van der Waals surface area contributed by atoms with Gasteiger partial charge in [-0.3, -0.25) is 4.79 Å². The average molecular weight is 580 g/mol. The molecule has 1 aromatic heterocycles. The number of hydrogen-bond donors (Lipinski definition) is 0. The second-order valence-corrected chi connectivity index (χ2v) is 12.0. The van der Waals surface area contributed by atoms with Crippen molar-refractivity contribution in [1.82, 2.24) is 19.8 Å². The van der Waals surface area contributed by atoms with Gasteiger partial charge in [0, 0.05) is 48.9 Å². The van der Waals surface area contributed by atoms with Crippen LogP contribution in [0.5, 0.6) is 6.01 Å². The maximum Gasteiger partial charge on any atom is 0.318 e. The Morgan fingerprint density at radius 2 is 1.93 bits per heavy atom. The van der Waals surface area contributed by atoms with Crippen molar-refractivity contribution in [2.75, 3.05) is 62.7 Å². The van der Waals surface area contributed by atoms with Crippen LogP contribution in [0, 0.1) is 13.5 Å². The first-order chi connectivity index (χ1) is 21.0. The van der Waals surface area contributed by atoms with Gasteiger partial charge in [-0.2, -0.15) is 9.97 Å². The maximum absolute atomic E-state index is 12.6. The third kappa shape index (κ3) is 5.89. The number of likely N-dealkylation sites (tertiary alicyclic amines) is 1. The number of fused-ring (bicyclic) bond motifs is 2. The number of likely N-dealkylation sites (N-methyl/N-ethyl adjacent to an activating group) is 1. The first-order valence-corrected chi connectivity index (χ1v) is 15.4. The first-order valence-electron chi connectivity index (χ1n) is 15.4. The summed E-state index contributed by atoms with van der Waals surface area (Å²) in [5.41, 5.74) is 4.64. The molecule has 0 spiro atoms. The lowest BCUT2D eigenvalue weighted by Gasteiger charge is -2.40. The molecule has 1 amide bonds. The predicted octanol–water partition coefficient (Wildman–Crippen LogP) is 4.49. The van der Waals surface area contributed by atoms with Gasteiger partial charge >= 0.3 is 6.01 Å². The Bertz CT molecular complexity index is 1540. The van der Waals surface area contributed by atoms with Crippen molar-refractivity contribution in [1.29, 1.82) is 0 Å². The maximum atomic E-state index is 12.6. The van der Waals surface area contributed by atoms with Crippen molar-refractivity contribution >= 4 is 28.2 Å². The molecule has 9 nitrogen and oxygen atoms in total. The second kappa shape index (κ2) is 12.6. The normalized spacial score (nSPS) is 20.9. The SMILES string of the molecule is [C-]#[N+]C[C@H]1CN(c2nc(OC[C@@H]3CCCN3C)nc3c2CCCN(c2cccc4cccc(C)c24)C3)CCN1C(=O)C=C. The number of piperazine rings is 1. The zero-order chi connectivity index (χ0) is 29.9. The number of hydrogen-bond acceptors (Lipinski definition) is 7. The number of aryl methyl sites for hydroxylation is 1. The molecule has 3 aromatic rings. The summed E-state index contributed by atoms with van der Waals surface area (Å²) in [4.78, 5) is 35.2. The highest BCUT2D eigenvalue weighted by Crippen LogP contribution is 2.35. The smallest absolute Gasteiger partial charge is 0.318 e. The molecule has 0 aliphatic carbocycles. The Balaban J connectivity index is 1.36. The van der Waals surface area contributed by atoms with E-state index >= 15 is 0 Å². The molecule has 4 heterocycles. The molecule has 0 unspecified atom stereocenters. The fraction of sp³-hybridized carbons (Fsp3) is 0.471. The molecule has 224 valence electrons. The molecule has 3 aliphatic rings. The van der Waals surface area contributed by atoms with Gasteiger partial charge in [-0.05, 0) is 69.3 Å². The lowest BCUT2D eigenvalue weighted by atomic mass is 10.0. The van der Waals surface area contributed by atoms with E-state index in [1.165, 1.54) is 34.5 Å². The van der Waals surface area contributed by atoms with Crippen LogP contribution in [0.25, 0.3) is 15.6 Å². The predicted molar refractivity (Wildman–Crippen MR) is 171 cm³/mol. The highest BCUT2D eigenvalue weighted by molar-refractivity contribution is 5.97. The van der Waals surface area contributed by atoms with Gasteiger partial charge in [-0.1, -0.05) is 36.9 Å². The van der Waals surface area contributed by atoms with Gasteiger partial charge in [0.05, 0.1) is 12.2 Å². The first kappa shape index (κ1) is 28.9. The van der Waals surface area contributed by atoms with Crippen LogP contribution >= 0.6 is 0 Å². The van der Waals surface area contributed by atoms with Crippen LogP contribution < -0.4 is 14.5 Å². The zero-order valence-corrected chi connectivity index (χ0v) is 25.3. The van der Waals surface area contributed by atoms with Crippen LogP contribution in [0.1, 0.15) is 36.1 Å². The molecule has 0 N–H and O–H groups in total. The molecule has 3 aliphatic heterocycles. The molecule has 2 atom stereocenters. The monoisotopic (exact) mass is 579 g/mol. The third-order valence-electron chi connectivity index (χ3n) is 9.30. The van der Waals surface area contributed by atoms with Crippen molar-refractivity contribution in [2.24, 2.45) is 0 Å². The summed E-state index contributed by atoms with van der Waals surface area (Å²) < 4.78 is 6.34. The Hall–Kier alpha value is -4.16. The summed E-state index contributed by atoms with van der Waals surface area (Å²) in [7, 11) is 2.15. The summed E-state index contributed by atoms with van der Waals surface area (Å²) in [6.07, 6.45) is 5.46. The van der Waals surface area contributed by atoms with Gasteiger partial charge in [0.1, 0.15) is 18.5 Å². The summed E-state index contributed by atoms with van der Waals surface area (Å²) in [6, 6.07) is 13.6. The van der Waals surface area contributed by atoms with E-state index in [1.807, 2.05) is 0 Å². The molecule has 9 heteroatoms. The topological polar surface area (TPSA) is 69.4 Å². The van der Waals surface area contributed by atoms with Crippen LogP contribution in [0.2, 0.25) is 0 Å². The number of aromatic nitrogens is 2. The number of amides is 1. The quantitative estimate of drug-likeness (QED) is 0.302. The van der Waals surface area contributed by atoms with Gasteiger partial charge in [0.25, 0.3) is 0 Å². The number of ether oxygens (including phenoxy) is 1. The summed E-state index contributed by atoms with van der Waals surface area (Å²) in [6.45, 7) is 18.5. The molecule has 2 saturated heterocycles. The highest BCUT2D eigenvalue weighted by Gasteiger charge is 2.34. The van der Waals surface area contributed by atoms with E-state index in [1.54, 1.807) is 4.90 Å². The van der Waals surface area contributed by atoms with Crippen molar-refractivity contribution in [3.63, 3.8) is 0 Å². The molecule has 43 heavy (non-hydrogen) atoms. The van der Waals surface area contributed by atoms with E-state index in [-0.39, 0.29) is 18.5 Å². The minimum absolute atomic E-state index is 0.124. The summed E-state index contributed by atoms with van der Waals surface area (Å²) in [5.74, 6) is 0.761. The standard InChI is InChI=1S/C34H41N7O2/c1-5-31(42)41-19-18-40(21-27(41)20-35-3)33-28-14-9-17-39(30-15-7-12-25-11-6-10-24(2)32(25)30)22-29(28)36-34(37-33)43-23-26-13-8-16-38(26)4/h5-7,10-12,15,26-27H,1,8-9,13-14,16-23H2,2,4H3/t26-,27-/m0/s1. The summed E-state index contributed by atoms with van der Waals surface area (Å²) >= 11 is 0. The van der Waals surface area contributed by atoms with Crippen LogP contribution in [0.3, 0.4) is 0 Å². The molecule has 2 fully saturated rings. The molecule has 0 bridgehead atoms. The molecular formula is C34H41N7O2. The lowest BCUT2D eigenvalue weighted by Crippen LogP contribution is -2.56. The fourth-order valence-corrected chi connectivity index (χ4v) is 6.97. The number of nitrogens with zero attached hydrogens (tertiary/aromatic N) is 7.